The molecule has 5 nitrogen and oxygen atoms in total. The predicted molar refractivity (Wildman–Crippen MR) is 77.5 cm³/mol. The molecule has 0 aliphatic carbocycles. The van der Waals surface area contributed by atoms with Crippen LogP contribution in [0.2, 0.25) is 0 Å². The minimum absolute atomic E-state index is 0.0260. The fourth-order valence-electron chi connectivity index (χ4n) is 1.92. The normalized spacial score (nSPS) is 11.9. The van der Waals surface area contributed by atoms with Crippen molar-refractivity contribution in [3.05, 3.63) is 69.8 Å². The van der Waals surface area contributed by atoms with Crippen molar-refractivity contribution in [1.29, 1.82) is 0 Å². The first-order valence-electron chi connectivity index (χ1n) is 6.31. The molecule has 0 aromatic heterocycles. The highest BCUT2D eigenvalue weighted by Gasteiger charge is 2.08. The van der Waals surface area contributed by atoms with Crippen molar-refractivity contribution in [2.75, 3.05) is 5.32 Å². The minimum Gasteiger partial charge on any atom is -0.392 e. The van der Waals surface area contributed by atoms with Crippen molar-refractivity contribution in [3.8, 4) is 0 Å². The molecular formula is C15H16N2O3. The summed E-state index contributed by atoms with van der Waals surface area (Å²) in [5, 5.41) is 22.9. The second-order valence-electron chi connectivity index (χ2n) is 4.57. The van der Waals surface area contributed by atoms with Crippen molar-refractivity contribution in [2.45, 2.75) is 19.6 Å². The number of anilines is 1. The topological polar surface area (TPSA) is 75.4 Å². The van der Waals surface area contributed by atoms with E-state index < -0.39 is 4.92 Å². The van der Waals surface area contributed by atoms with Gasteiger partial charge in [0.1, 0.15) is 0 Å². The Morgan fingerprint density at radius 1 is 1.15 bits per heavy atom. The summed E-state index contributed by atoms with van der Waals surface area (Å²) in [7, 11) is 0. The van der Waals surface area contributed by atoms with Crippen LogP contribution in [0.5, 0.6) is 0 Å². The first-order chi connectivity index (χ1) is 9.60. The number of hydrogen-bond acceptors (Lipinski definition) is 4. The van der Waals surface area contributed by atoms with E-state index in [4.69, 9.17) is 5.11 Å². The average Bonchev–Trinajstić information content (AvgIpc) is 2.48. The van der Waals surface area contributed by atoms with Crippen molar-refractivity contribution in [2.24, 2.45) is 0 Å². The fourth-order valence-corrected chi connectivity index (χ4v) is 1.92. The number of hydrogen-bond donors (Lipinski definition) is 2. The highest BCUT2D eigenvalue weighted by Crippen LogP contribution is 2.21. The molecule has 1 atom stereocenters. The Morgan fingerprint density at radius 2 is 1.75 bits per heavy atom. The van der Waals surface area contributed by atoms with Crippen molar-refractivity contribution < 1.29 is 10.0 Å². The van der Waals surface area contributed by atoms with Crippen LogP contribution in [0.4, 0.5) is 11.4 Å². The Hall–Kier alpha value is -2.40. The van der Waals surface area contributed by atoms with E-state index in [1.165, 1.54) is 12.1 Å². The second-order valence-corrected chi connectivity index (χ2v) is 4.57. The summed E-state index contributed by atoms with van der Waals surface area (Å²) in [6.45, 7) is 2.01. The molecule has 0 bridgehead atoms. The van der Waals surface area contributed by atoms with E-state index in [1.54, 1.807) is 12.1 Å². The lowest BCUT2D eigenvalue weighted by atomic mass is 10.1. The Morgan fingerprint density at radius 3 is 2.25 bits per heavy atom. The first kappa shape index (κ1) is 14.0. The molecular weight excluding hydrogens is 256 g/mol. The molecule has 1 unspecified atom stereocenters. The summed E-state index contributed by atoms with van der Waals surface area (Å²) >= 11 is 0. The predicted octanol–water partition coefficient (Wildman–Crippen LogP) is 3.26. The lowest BCUT2D eigenvalue weighted by Crippen LogP contribution is -2.06. The molecule has 2 aromatic rings. The maximum atomic E-state index is 10.6. The summed E-state index contributed by atoms with van der Waals surface area (Å²) in [5.74, 6) is 0. The number of non-ortho nitro benzene ring substituents is 1. The van der Waals surface area contributed by atoms with E-state index >= 15 is 0 Å². The van der Waals surface area contributed by atoms with Crippen LogP contribution in [0.25, 0.3) is 0 Å². The van der Waals surface area contributed by atoms with Crippen molar-refractivity contribution in [3.63, 3.8) is 0 Å². The average molecular weight is 272 g/mol. The van der Waals surface area contributed by atoms with Gasteiger partial charge >= 0.3 is 0 Å². The summed E-state index contributed by atoms with van der Waals surface area (Å²) < 4.78 is 0. The molecule has 0 heterocycles. The Bertz CT molecular complexity index is 579. The Kier molecular flexibility index (Phi) is 4.32. The third-order valence-corrected chi connectivity index (χ3v) is 3.12. The maximum absolute atomic E-state index is 10.6. The van der Waals surface area contributed by atoms with Crippen LogP contribution in [0.3, 0.4) is 0 Å². The number of benzene rings is 2. The van der Waals surface area contributed by atoms with E-state index in [2.05, 4.69) is 5.32 Å². The molecule has 0 aliphatic heterocycles. The summed E-state index contributed by atoms with van der Waals surface area (Å²) in [6.07, 6.45) is 0. The van der Waals surface area contributed by atoms with Gasteiger partial charge in [0.05, 0.1) is 11.5 Å². The molecule has 0 saturated heterocycles. The van der Waals surface area contributed by atoms with Crippen LogP contribution in [-0.2, 0) is 6.61 Å². The van der Waals surface area contributed by atoms with Gasteiger partial charge in [-0.25, -0.2) is 0 Å². The van der Waals surface area contributed by atoms with Gasteiger partial charge in [0.15, 0.2) is 0 Å². The molecule has 0 fully saturated rings. The maximum Gasteiger partial charge on any atom is 0.269 e. The molecule has 2 aromatic carbocycles. The third-order valence-electron chi connectivity index (χ3n) is 3.12. The van der Waals surface area contributed by atoms with Crippen LogP contribution >= 0.6 is 0 Å². The van der Waals surface area contributed by atoms with Crippen LogP contribution in [0.1, 0.15) is 24.1 Å². The zero-order chi connectivity index (χ0) is 14.5. The molecule has 104 valence electrons. The molecule has 0 radical (unpaired) electrons. The zero-order valence-corrected chi connectivity index (χ0v) is 11.1. The van der Waals surface area contributed by atoms with E-state index in [0.29, 0.717) is 0 Å². The number of nitro benzene ring substituents is 1. The van der Waals surface area contributed by atoms with Gasteiger partial charge in [-0.1, -0.05) is 24.3 Å². The van der Waals surface area contributed by atoms with Gasteiger partial charge in [0.2, 0.25) is 0 Å². The number of nitrogens with zero attached hydrogens (tertiary/aromatic N) is 1. The smallest absolute Gasteiger partial charge is 0.269 e. The second kappa shape index (κ2) is 6.16. The largest absolute Gasteiger partial charge is 0.392 e. The van der Waals surface area contributed by atoms with Crippen LogP contribution in [0, 0.1) is 10.1 Å². The number of rotatable bonds is 5. The zero-order valence-electron chi connectivity index (χ0n) is 11.1. The standard InChI is InChI=1S/C15H16N2O3/c1-11(13-4-8-15(9-5-13)17(19)20)16-14-6-2-12(10-18)3-7-14/h2-9,11,16,18H,10H2,1H3. The lowest BCUT2D eigenvalue weighted by Gasteiger charge is -2.15. The first-order valence-corrected chi connectivity index (χ1v) is 6.31. The van der Waals surface area contributed by atoms with Crippen molar-refractivity contribution in [1.82, 2.24) is 0 Å². The fraction of sp³-hybridized carbons (Fsp3) is 0.200. The van der Waals surface area contributed by atoms with Gasteiger partial charge in [0, 0.05) is 23.9 Å². The lowest BCUT2D eigenvalue weighted by molar-refractivity contribution is -0.384. The van der Waals surface area contributed by atoms with Gasteiger partial charge in [-0.3, -0.25) is 10.1 Å². The molecule has 0 amide bonds. The highest BCUT2D eigenvalue weighted by molar-refractivity contribution is 5.47. The van der Waals surface area contributed by atoms with E-state index in [0.717, 1.165) is 16.8 Å². The van der Waals surface area contributed by atoms with Gasteiger partial charge in [0.25, 0.3) is 5.69 Å². The molecule has 0 spiro atoms. The molecule has 2 N–H and O–H groups in total. The minimum atomic E-state index is -0.407. The van der Waals surface area contributed by atoms with Gasteiger partial charge in [-0.2, -0.15) is 0 Å². The van der Waals surface area contributed by atoms with E-state index in [-0.39, 0.29) is 18.3 Å². The molecule has 5 heteroatoms. The van der Waals surface area contributed by atoms with Crippen molar-refractivity contribution >= 4 is 11.4 Å². The number of nitro groups is 1. The summed E-state index contributed by atoms with van der Waals surface area (Å²) in [5.41, 5.74) is 2.86. The van der Waals surface area contributed by atoms with Gasteiger partial charge < -0.3 is 10.4 Å². The van der Waals surface area contributed by atoms with Crippen LogP contribution < -0.4 is 5.32 Å². The molecule has 0 saturated carbocycles. The molecule has 0 aliphatic rings. The van der Waals surface area contributed by atoms with Gasteiger partial charge in [-0.05, 0) is 30.2 Å². The molecule has 20 heavy (non-hydrogen) atoms. The Balaban J connectivity index is 2.06. The monoisotopic (exact) mass is 272 g/mol. The number of aliphatic hydroxyl groups is 1. The molecule has 2 rings (SSSR count). The summed E-state index contributed by atoms with van der Waals surface area (Å²) in [6, 6.07) is 14.0. The van der Waals surface area contributed by atoms with E-state index in [1.807, 2.05) is 31.2 Å². The van der Waals surface area contributed by atoms with Crippen LogP contribution in [0.15, 0.2) is 48.5 Å². The number of nitrogens with one attached hydrogen (secondary N) is 1. The highest BCUT2D eigenvalue weighted by atomic mass is 16.6. The van der Waals surface area contributed by atoms with E-state index in [9.17, 15) is 10.1 Å². The third kappa shape index (κ3) is 3.33. The van der Waals surface area contributed by atoms with Crippen LogP contribution in [-0.4, -0.2) is 10.0 Å². The SMILES string of the molecule is CC(Nc1ccc(CO)cc1)c1ccc([N+](=O)[O-])cc1. The summed E-state index contributed by atoms with van der Waals surface area (Å²) in [4.78, 5) is 10.2. The Labute approximate surface area is 117 Å². The van der Waals surface area contributed by atoms with Gasteiger partial charge in [-0.15, -0.1) is 0 Å². The number of aliphatic hydroxyl groups excluding tert-OH is 1. The quantitative estimate of drug-likeness (QED) is 0.647.